The molecule has 1 aliphatic carbocycles. The molecule has 3 atom stereocenters. The Hall–Kier alpha value is -2.63. The van der Waals surface area contributed by atoms with Gasteiger partial charge in [-0.2, -0.15) is 0 Å². The predicted molar refractivity (Wildman–Crippen MR) is 108 cm³/mol. The van der Waals surface area contributed by atoms with Gasteiger partial charge in [-0.25, -0.2) is 9.97 Å². The van der Waals surface area contributed by atoms with Crippen molar-refractivity contribution in [3.63, 3.8) is 0 Å². The van der Waals surface area contributed by atoms with E-state index in [9.17, 15) is 4.79 Å². The van der Waals surface area contributed by atoms with E-state index in [4.69, 9.17) is 4.98 Å². The molecular weight excluding hydrogens is 350 g/mol. The maximum Gasteiger partial charge on any atom is 0.269 e. The number of aromatic amines is 1. The molecule has 1 fully saturated rings. The van der Waals surface area contributed by atoms with Crippen LogP contribution in [0.25, 0.3) is 11.0 Å². The molecule has 146 valence electrons. The average molecular weight is 377 g/mol. The summed E-state index contributed by atoms with van der Waals surface area (Å²) < 4.78 is 2.14. The van der Waals surface area contributed by atoms with Gasteiger partial charge in [0.2, 0.25) is 0 Å². The van der Waals surface area contributed by atoms with Gasteiger partial charge in [0.1, 0.15) is 17.3 Å². The van der Waals surface area contributed by atoms with Gasteiger partial charge in [0, 0.05) is 24.4 Å². The van der Waals surface area contributed by atoms with Crippen LogP contribution in [-0.2, 0) is 6.42 Å². The lowest BCUT2D eigenvalue weighted by molar-refractivity contribution is 0.0911. The van der Waals surface area contributed by atoms with Gasteiger partial charge in [0.05, 0.1) is 17.2 Å². The first-order valence-electron chi connectivity index (χ1n) is 10.5. The molecule has 6 heteroatoms. The molecule has 1 amide bonds. The van der Waals surface area contributed by atoms with E-state index in [1.54, 1.807) is 6.20 Å². The van der Waals surface area contributed by atoms with Crippen molar-refractivity contribution in [2.75, 3.05) is 0 Å². The number of imidazole rings is 2. The number of H-pyrrole nitrogens is 1. The SMILES string of the molecule is CC1CCCc2ncc(C(=O)NC3CCCC(c4nc5ccccc5[nH]4)C3)n21. The van der Waals surface area contributed by atoms with Crippen LogP contribution in [0, 0.1) is 0 Å². The summed E-state index contributed by atoms with van der Waals surface area (Å²) in [4.78, 5) is 25.7. The van der Waals surface area contributed by atoms with Gasteiger partial charge in [0.25, 0.3) is 5.91 Å². The van der Waals surface area contributed by atoms with E-state index < -0.39 is 0 Å². The molecule has 2 aliphatic rings. The summed E-state index contributed by atoms with van der Waals surface area (Å²) in [6.07, 6.45) is 9.17. The molecule has 5 rings (SSSR count). The number of benzene rings is 1. The molecule has 3 heterocycles. The van der Waals surface area contributed by atoms with Crippen molar-refractivity contribution in [1.29, 1.82) is 0 Å². The summed E-state index contributed by atoms with van der Waals surface area (Å²) in [6, 6.07) is 8.69. The molecule has 0 bridgehead atoms. The highest BCUT2D eigenvalue weighted by molar-refractivity contribution is 5.92. The fraction of sp³-hybridized carbons (Fsp3) is 0.500. The second-order valence-electron chi connectivity index (χ2n) is 8.34. The summed E-state index contributed by atoms with van der Waals surface area (Å²) in [7, 11) is 0. The lowest BCUT2D eigenvalue weighted by atomic mass is 9.85. The Bertz CT molecular complexity index is 970. The zero-order valence-corrected chi connectivity index (χ0v) is 16.3. The normalized spacial score (nSPS) is 24.8. The summed E-state index contributed by atoms with van der Waals surface area (Å²) in [5.74, 6) is 2.48. The molecule has 0 saturated heterocycles. The molecule has 28 heavy (non-hydrogen) atoms. The monoisotopic (exact) mass is 377 g/mol. The number of para-hydroxylation sites is 2. The number of hydrogen-bond donors (Lipinski definition) is 2. The van der Waals surface area contributed by atoms with Gasteiger partial charge in [-0.3, -0.25) is 4.79 Å². The van der Waals surface area contributed by atoms with Gasteiger partial charge in [-0.05, 0) is 51.2 Å². The van der Waals surface area contributed by atoms with Gasteiger partial charge in [-0.1, -0.05) is 18.6 Å². The first kappa shape index (κ1) is 17.5. The van der Waals surface area contributed by atoms with Crippen LogP contribution in [0.5, 0.6) is 0 Å². The molecule has 3 aromatic rings. The molecule has 2 aromatic heterocycles. The fourth-order valence-corrected chi connectivity index (χ4v) is 4.92. The third kappa shape index (κ3) is 3.11. The Morgan fingerprint density at radius 2 is 2.11 bits per heavy atom. The van der Waals surface area contributed by atoms with Crippen LogP contribution in [0.15, 0.2) is 30.5 Å². The summed E-state index contributed by atoms with van der Waals surface area (Å²) in [6.45, 7) is 2.18. The summed E-state index contributed by atoms with van der Waals surface area (Å²) in [5, 5.41) is 3.28. The zero-order chi connectivity index (χ0) is 19.1. The van der Waals surface area contributed by atoms with Gasteiger partial charge in [-0.15, -0.1) is 0 Å². The smallest absolute Gasteiger partial charge is 0.269 e. The minimum atomic E-state index is 0.0164. The first-order chi connectivity index (χ1) is 13.7. The van der Waals surface area contributed by atoms with E-state index >= 15 is 0 Å². The third-order valence-corrected chi connectivity index (χ3v) is 6.37. The number of nitrogens with one attached hydrogen (secondary N) is 2. The third-order valence-electron chi connectivity index (χ3n) is 6.37. The molecule has 6 nitrogen and oxygen atoms in total. The van der Waals surface area contributed by atoms with Crippen molar-refractivity contribution in [3.05, 3.63) is 47.8 Å². The molecule has 1 aliphatic heterocycles. The Balaban J connectivity index is 1.31. The van der Waals surface area contributed by atoms with Crippen LogP contribution in [0.4, 0.5) is 0 Å². The van der Waals surface area contributed by atoms with E-state index in [2.05, 4.69) is 32.8 Å². The van der Waals surface area contributed by atoms with Gasteiger partial charge >= 0.3 is 0 Å². The summed E-state index contributed by atoms with van der Waals surface area (Å²) in [5.41, 5.74) is 2.82. The highest BCUT2D eigenvalue weighted by Gasteiger charge is 2.29. The average Bonchev–Trinajstić information content (AvgIpc) is 3.33. The quantitative estimate of drug-likeness (QED) is 0.721. The molecular formula is C22H27N5O. The van der Waals surface area contributed by atoms with Crippen LogP contribution in [0.3, 0.4) is 0 Å². The van der Waals surface area contributed by atoms with E-state index in [-0.39, 0.29) is 11.9 Å². The topological polar surface area (TPSA) is 75.6 Å². The highest BCUT2D eigenvalue weighted by atomic mass is 16.2. The van der Waals surface area contributed by atoms with E-state index in [0.29, 0.717) is 17.7 Å². The zero-order valence-electron chi connectivity index (χ0n) is 16.3. The Morgan fingerprint density at radius 1 is 1.21 bits per heavy atom. The lowest BCUT2D eigenvalue weighted by Gasteiger charge is -2.29. The fourth-order valence-electron chi connectivity index (χ4n) is 4.92. The van der Waals surface area contributed by atoms with Crippen LogP contribution in [0.1, 0.15) is 79.5 Å². The predicted octanol–water partition coefficient (Wildman–Crippen LogP) is 4.11. The van der Waals surface area contributed by atoms with Crippen LogP contribution < -0.4 is 5.32 Å². The second-order valence-corrected chi connectivity index (χ2v) is 8.34. The van der Waals surface area contributed by atoms with Crippen LogP contribution >= 0.6 is 0 Å². The van der Waals surface area contributed by atoms with Crippen molar-refractivity contribution in [1.82, 2.24) is 24.8 Å². The maximum absolute atomic E-state index is 13.0. The maximum atomic E-state index is 13.0. The van der Waals surface area contributed by atoms with E-state index in [1.807, 2.05) is 18.2 Å². The van der Waals surface area contributed by atoms with Crippen molar-refractivity contribution in [2.45, 2.75) is 69.9 Å². The molecule has 1 aromatic carbocycles. The number of nitrogens with zero attached hydrogens (tertiary/aromatic N) is 3. The second kappa shape index (κ2) is 7.08. The number of aryl methyl sites for hydroxylation is 1. The highest BCUT2D eigenvalue weighted by Crippen LogP contribution is 2.33. The van der Waals surface area contributed by atoms with Crippen LogP contribution in [-0.4, -0.2) is 31.5 Å². The Morgan fingerprint density at radius 3 is 3.00 bits per heavy atom. The van der Waals surface area contributed by atoms with Gasteiger partial charge < -0.3 is 14.9 Å². The van der Waals surface area contributed by atoms with E-state index in [0.717, 1.165) is 67.6 Å². The molecule has 0 radical (unpaired) electrons. The number of carbonyl (C=O) groups is 1. The minimum absolute atomic E-state index is 0.0164. The van der Waals surface area contributed by atoms with Crippen molar-refractivity contribution in [2.24, 2.45) is 0 Å². The first-order valence-corrected chi connectivity index (χ1v) is 10.5. The molecule has 1 saturated carbocycles. The number of hydrogen-bond acceptors (Lipinski definition) is 3. The number of carbonyl (C=O) groups excluding carboxylic acids is 1. The Kier molecular flexibility index (Phi) is 4.41. The van der Waals surface area contributed by atoms with Crippen molar-refractivity contribution in [3.8, 4) is 0 Å². The Labute approximate surface area is 164 Å². The largest absolute Gasteiger partial charge is 0.348 e. The number of fused-ring (bicyclic) bond motifs is 2. The number of amides is 1. The molecule has 0 spiro atoms. The van der Waals surface area contributed by atoms with Crippen molar-refractivity contribution >= 4 is 16.9 Å². The number of rotatable bonds is 3. The van der Waals surface area contributed by atoms with E-state index in [1.165, 1.54) is 0 Å². The lowest BCUT2D eigenvalue weighted by Crippen LogP contribution is -2.39. The molecule has 2 N–H and O–H groups in total. The van der Waals surface area contributed by atoms with Crippen LogP contribution in [0.2, 0.25) is 0 Å². The summed E-state index contributed by atoms with van der Waals surface area (Å²) >= 11 is 0. The number of aromatic nitrogens is 4. The van der Waals surface area contributed by atoms with Gasteiger partial charge in [0.15, 0.2) is 0 Å². The standard InChI is InChI=1S/C22H27N5O/c1-14-6-4-11-20-23-13-19(27(14)20)22(28)24-16-8-5-7-15(12-16)21-25-17-9-2-3-10-18(17)26-21/h2-3,9-10,13-16H,4-8,11-12H2,1H3,(H,24,28)(H,25,26). The molecule has 3 unspecified atom stereocenters. The van der Waals surface area contributed by atoms with Crippen molar-refractivity contribution < 1.29 is 4.79 Å². The minimum Gasteiger partial charge on any atom is -0.348 e.